The Kier molecular flexibility index (Phi) is 2.70. The highest BCUT2D eigenvalue weighted by atomic mass is 15.0. The average molecular weight is 173 g/mol. The molecule has 0 aromatic carbocycles. The predicted molar refractivity (Wildman–Crippen MR) is 49.0 cm³/mol. The maximum atomic E-state index is 5.82. The smallest absolute Gasteiger partial charge is 0.0377 e. The predicted octanol–water partition coefficient (Wildman–Crippen LogP) is -2.73. The van der Waals surface area contributed by atoms with E-state index in [1.807, 2.05) is 6.92 Å². The summed E-state index contributed by atoms with van der Waals surface area (Å²) in [5.41, 5.74) is 29.0. The van der Waals surface area contributed by atoms with Crippen LogP contribution in [0, 0.1) is 5.92 Å². The van der Waals surface area contributed by atoms with Gasteiger partial charge in [0.1, 0.15) is 0 Å². The van der Waals surface area contributed by atoms with Crippen LogP contribution < -0.4 is 28.7 Å². The zero-order chi connectivity index (χ0) is 9.46. The van der Waals surface area contributed by atoms with Crippen molar-refractivity contribution in [3.05, 3.63) is 0 Å². The molecule has 5 heteroatoms. The van der Waals surface area contributed by atoms with Crippen LogP contribution in [-0.2, 0) is 0 Å². The molecule has 1 fully saturated rings. The number of hydrogen-bond acceptors (Lipinski definition) is 5. The van der Waals surface area contributed by atoms with Gasteiger partial charge in [0.15, 0.2) is 0 Å². The molecule has 10 N–H and O–H groups in total. The second kappa shape index (κ2) is 3.27. The van der Waals surface area contributed by atoms with Gasteiger partial charge < -0.3 is 28.7 Å². The van der Waals surface area contributed by atoms with Gasteiger partial charge in [-0.1, -0.05) is 6.92 Å². The standard InChI is InChI=1S/C7H19N5/c1-2-3(8)5(10)7(12)6(11)4(2)9/h2-7H,8-12H2,1H3. The topological polar surface area (TPSA) is 130 Å². The van der Waals surface area contributed by atoms with Crippen LogP contribution in [0.3, 0.4) is 0 Å². The lowest BCUT2D eigenvalue weighted by molar-refractivity contribution is 0.201. The molecule has 0 aliphatic heterocycles. The molecule has 0 saturated heterocycles. The van der Waals surface area contributed by atoms with Crippen molar-refractivity contribution in [3.8, 4) is 0 Å². The summed E-state index contributed by atoms with van der Waals surface area (Å²) in [6.07, 6.45) is 0. The van der Waals surface area contributed by atoms with Crippen LogP contribution in [0.15, 0.2) is 0 Å². The van der Waals surface area contributed by atoms with E-state index in [9.17, 15) is 0 Å². The fraction of sp³-hybridized carbons (Fsp3) is 1.00. The minimum absolute atomic E-state index is 0.134. The Balaban J connectivity index is 2.76. The summed E-state index contributed by atoms with van der Waals surface area (Å²) in [4.78, 5) is 0. The molecule has 4 atom stereocenters. The molecule has 4 unspecified atom stereocenters. The van der Waals surface area contributed by atoms with Crippen molar-refractivity contribution in [1.29, 1.82) is 0 Å². The molecule has 0 amide bonds. The van der Waals surface area contributed by atoms with Crippen LogP contribution in [0.4, 0.5) is 0 Å². The quantitative estimate of drug-likeness (QED) is 0.271. The van der Waals surface area contributed by atoms with Crippen LogP contribution in [0.1, 0.15) is 6.92 Å². The van der Waals surface area contributed by atoms with E-state index < -0.39 is 0 Å². The molecular weight excluding hydrogens is 154 g/mol. The Morgan fingerprint density at radius 3 is 1.17 bits per heavy atom. The summed E-state index contributed by atoms with van der Waals surface area (Å²) in [6.45, 7) is 1.96. The number of nitrogens with two attached hydrogens (primary N) is 5. The van der Waals surface area contributed by atoms with Crippen molar-refractivity contribution in [3.63, 3.8) is 0 Å². The Labute approximate surface area is 72.6 Å². The molecule has 0 aromatic rings. The molecule has 0 bridgehead atoms. The van der Waals surface area contributed by atoms with Gasteiger partial charge in [-0.3, -0.25) is 0 Å². The molecule has 0 spiro atoms. The van der Waals surface area contributed by atoms with Gasteiger partial charge in [-0.2, -0.15) is 0 Å². The van der Waals surface area contributed by atoms with Gasteiger partial charge in [0.25, 0.3) is 0 Å². The molecule has 1 rings (SSSR count). The zero-order valence-corrected chi connectivity index (χ0v) is 7.35. The van der Waals surface area contributed by atoms with E-state index in [4.69, 9.17) is 28.7 Å². The molecule has 0 aromatic heterocycles. The van der Waals surface area contributed by atoms with Gasteiger partial charge in [-0.05, 0) is 5.92 Å². The highest BCUT2D eigenvalue weighted by Gasteiger charge is 2.41. The molecule has 0 heterocycles. The molecular formula is C7H19N5. The lowest BCUT2D eigenvalue weighted by Crippen LogP contribution is -2.73. The monoisotopic (exact) mass is 173 g/mol. The molecule has 1 aliphatic carbocycles. The van der Waals surface area contributed by atoms with Crippen molar-refractivity contribution >= 4 is 0 Å². The van der Waals surface area contributed by atoms with Crippen LogP contribution in [0.25, 0.3) is 0 Å². The largest absolute Gasteiger partial charge is 0.326 e. The first kappa shape index (κ1) is 9.88. The summed E-state index contributed by atoms with van der Waals surface area (Å²) >= 11 is 0. The molecule has 72 valence electrons. The Bertz CT molecular complexity index is 103. The van der Waals surface area contributed by atoms with Crippen molar-refractivity contribution in [2.75, 3.05) is 0 Å². The second-order valence-corrected chi connectivity index (χ2v) is 3.75. The lowest BCUT2D eigenvalue weighted by atomic mass is 9.74. The van der Waals surface area contributed by atoms with Crippen LogP contribution in [0.2, 0.25) is 0 Å². The first-order chi connectivity index (χ1) is 5.46. The van der Waals surface area contributed by atoms with Gasteiger partial charge >= 0.3 is 0 Å². The maximum Gasteiger partial charge on any atom is 0.0377 e. The van der Waals surface area contributed by atoms with Crippen molar-refractivity contribution < 1.29 is 0 Å². The van der Waals surface area contributed by atoms with Gasteiger partial charge in [0.2, 0.25) is 0 Å². The Morgan fingerprint density at radius 2 is 0.833 bits per heavy atom. The van der Waals surface area contributed by atoms with Gasteiger partial charge in [-0.15, -0.1) is 0 Å². The summed E-state index contributed by atoms with van der Waals surface area (Å²) in [6, 6.07) is -1.06. The minimum atomic E-state index is -0.286. The molecule has 5 nitrogen and oxygen atoms in total. The van der Waals surface area contributed by atoms with E-state index in [1.54, 1.807) is 0 Å². The molecule has 0 radical (unpaired) electrons. The highest BCUT2D eigenvalue weighted by Crippen LogP contribution is 2.19. The molecule has 1 aliphatic rings. The van der Waals surface area contributed by atoms with E-state index in [2.05, 4.69) is 0 Å². The Morgan fingerprint density at radius 1 is 0.583 bits per heavy atom. The van der Waals surface area contributed by atoms with Crippen LogP contribution in [0.5, 0.6) is 0 Å². The minimum Gasteiger partial charge on any atom is -0.326 e. The van der Waals surface area contributed by atoms with E-state index >= 15 is 0 Å². The molecule has 12 heavy (non-hydrogen) atoms. The Hall–Kier alpha value is -0.200. The van der Waals surface area contributed by atoms with Gasteiger partial charge in [0.05, 0.1) is 0 Å². The van der Waals surface area contributed by atoms with E-state index in [1.165, 1.54) is 0 Å². The first-order valence-electron chi connectivity index (χ1n) is 4.24. The normalized spacial score (nSPS) is 55.5. The third-order valence-electron chi connectivity index (χ3n) is 2.99. The van der Waals surface area contributed by atoms with Crippen LogP contribution in [-0.4, -0.2) is 30.2 Å². The van der Waals surface area contributed by atoms with Gasteiger partial charge in [-0.25, -0.2) is 0 Å². The van der Waals surface area contributed by atoms with Crippen molar-refractivity contribution in [2.45, 2.75) is 37.1 Å². The number of hydrogen-bond donors (Lipinski definition) is 5. The van der Waals surface area contributed by atoms with Crippen molar-refractivity contribution in [2.24, 2.45) is 34.6 Å². The third kappa shape index (κ3) is 1.34. The first-order valence-corrected chi connectivity index (χ1v) is 4.24. The van der Waals surface area contributed by atoms with E-state index in [-0.39, 0.29) is 36.1 Å². The highest BCUT2D eigenvalue weighted by molar-refractivity contribution is 5.06. The zero-order valence-electron chi connectivity index (χ0n) is 7.35. The summed E-state index contributed by atoms with van der Waals surface area (Å²) in [5, 5.41) is 0. The van der Waals surface area contributed by atoms with Crippen molar-refractivity contribution in [1.82, 2.24) is 0 Å². The summed E-state index contributed by atoms with van der Waals surface area (Å²) in [5.74, 6) is 0.134. The fourth-order valence-electron chi connectivity index (χ4n) is 1.73. The molecule has 1 saturated carbocycles. The van der Waals surface area contributed by atoms with Crippen LogP contribution >= 0.6 is 0 Å². The van der Waals surface area contributed by atoms with E-state index in [0.717, 1.165) is 0 Å². The maximum absolute atomic E-state index is 5.82. The average Bonchev–Trinajstić information content (AvgIpc) is 2.08. The second-order valence-electron chi connectivity index (χ2n) is 3.75. The SMILES string of the molecule is CC1C(N)C(N)C(N)C(N)C1N. The summed E-state index contributed by atoms with van der Waals surface area (Å²) in [7, 11) is 0. The van der Waals surface area contributed by atoms with Gasteiger partial charge in [0, 0.05) is 30.2 Å². The fourth-order valence-corrected chi connectivity index (χ4v) is 1.73. The number of rotatable bonds is 0. The van der Waals surface area contributed by atoms with E-state index in [0.29, 0.717) is 0 Å². The third-order valence-corrected chi connectivity index (χ3v) is 2.99. The lowest BCUT2D eigenvalue weighted by Gasteiger charge is -2.44. The summed E-state index contributed by atoms with van der Waals surface area (Å²) < 4.78 is 0.